The van der Waals surface area contributed by atoms with Gasteiger partial charge in [0.15, 0.2) is 5.82 Å². The predicted molar refractivity (Wildman–Crippen MR) is 87.4 cm³/mol. The molecule has 0 unspecified atom stereocenters. The monoisotopic (exact) mass is 456 g/mol. The first-order valence-corrected chi connectivity index (χ1v) is 7.88. The molecule has 0 saturated carbocycles. The van der Waals surface area contributed by atoms with Gasteiger partial charge in [0.1, 0.15) is 10.8 Å². The fourth-order valence-corrected chi connectivity index (χ4v) is 2.50. The van der Waals surface area contributed by atoms with Crippen molar-refractivity contribution in [2.24, 2.45) is 0 Å². The van der Waals surface area contributed by atoms with Gasteiger partial charge in [-0.1, -0.05) is 0 Å². The standard InChI is InChI=1S/C15H11BrF6N4O/c1-25(2)13(27)11(16)6-26-7-23-12(24-26)8-3-9(14(17,18)19)5-10(4-8)15(20,21)22/h3-7H,1-2H3. The number of aromatic nitrogens is 3. The van der Waals surface area contributed by atoms with Crippen LogP contribution in [0.15, 0.2) is 29.0 Å². The molecule has 0 N–H and O–H groups in total. The molecule has 2 rings (SSSR count). The molecule has 1 aromatic carbocycles. The summed E-state index contributed by atoms with van der Waals surface area (Å²) >= 11 is 3.01. The van der Waals surface area contributed by atoms with Gasteiger partial charge in [-0.05, 0) is 34.1 Å². The van der Waals surface area contributed by atoms with Crippen molar-refractivity contribution in [2.45, 2.75) is 12.4 Å². The smallest absolute Gasteiger partial charge is 0.344 e. The fraction of sp³-hybridized carbons (Fsp3) is 0.267. The first-order chi connectivity index (χ1) is 12.3. The van der Waals surface area contributed by atoms with E-state index in [1.165, 1.54) is 25.2 Å². The molecule has 5 nitrogen and oxygen atoms in total. The van der Waals surface area contributed by atoms with E-state index in [9.17, 15) is 31.1 Å². The zero-order valence-electron chi connectivity index (χ0n) is 13.7. The lowest BCUT2D eigenvalue weighted by Gasteiger charge is -2.13. The Morgan fingerprint density at radius 1 is 1.07 bits per heavy atom. The van der Waals surface area contributed by atoms with E-state index >= 15 is 0 Å². The summed E-state index contributed by atoms with van der Waals surface area (Å²) in [5, 5.41) is 3.80. The van der Waals surface area contributed by atoms with Crippen LogP contribution >= 0.6 is 15.9 Å². The molecule has 2 aromatic rings. The number of alkyl halides is 6. The molecule has 0 aliphatic rings. The summed E-state index contributed by atoms with van der Waals surface area (Å²) in [7, 11) is 2.98. The van der Waals surface area contributed by atoms with E-state index < -0.39 is 35.0 Å². The third-order valence-corrected chi connectivity index (χ3v) is 3.75. The zero-order valence-corrected chi connectivity index (χ0v) is 15.3. The Kier molecular flexibility index (Phi) is 5.68. The van der Waals surface area contributed by atoms with Gasteiger partial charge < -0.3 is 4.90 Å². The van der Waals surface area contributed by atoms with Gasteiger partial charge in [-0.15, -0.1) is 5.10 Å². The number of benzene rings is 1. The summed E-state index contributed by atoms with van der Waals surface area (Å²) in [6.07, 6.45) is -7.72. The number of nitrogens with zero attached hydrogens (tertiary/aromatic N) is 4. The van der Waals surface area contributed by atoms with Gasteiger partial charge in [0.05, 0.1) is 17.3 Å². The highest BCUT2D eigenvalue weighted by atomic mass is 79.9. The minimum atomic E-state index is -4.97. The summed E-state index contributed by atoms with van der Waals surface area (Å²) in [4.78, 5) is 16.7. The quantitative estimate of drug-likeness (QED) is 0.512. The van der Waals surface area contributed by atoms with Crippen molar-refractivity contribution < 1.29 is 31.1 Å². The molecule has 0 fully saturated rings. The molecule has 1 aromatic heterocycles. The van der Waals surface area contributed by atoms with E-state index in [0.29, 0.717) is 12.1 Å². The highest BCUT2D eigenvalue weighted by Crippen LogP contribution is 2.38. The van der Waals surface area contributed by atoms with Gasteiger partial charge in [0.25, 0.3) is 5.91 Å². The van der Waals surface area contributed by atoms with Crippen LogP contribution in [0.1, 0.15) is 11.1 Å². The van der Waals surface area contributed by atoms with Crippen molar-refractivity contribution in [1.29, 1.82) is 0 Å². The molecule has 1 heterocycles. The number of likely N-dealkylation sites (N-methyl/N-ethyl adjacent to an activating group) is 1. The van der Waals surface area contributed by atoms with Crippen molar-refractivity contribution in [3.63, 3.8) is 0 Å². The van der Waals surface area contributed by atoms with Gasteiger partial charge in [-0.2, -0.15) is 26.3 Å². The van der Waals surface area contributed by atoms with Crippen molar-refractivity contribution in [2.75, 3.05) is 14.1 Å². The molecule has 0 aliphatic carbocycles. The zero-order chi connectivity index (χ0) is 20.6. The number of hydrogen-bond acceptors (Lipinski definition) is 3. The Morgan fingerprint density at radius 2 is 1.59 bits per heavy atom. The summed E-state index contributed by atoms with van der Waals surface area (Å²) in [5.74, 6) is -0.786. The summed E-state index contributed by atoms with van der Waals surface area (Å²) in [6, 6.07) is 1.07. The number of carbonyl (C=O) groups is 1. The summed E-state index contributed by atoms with van der Waals surface area (Å²) < 4.78 is 78.6. The van der Waals surface area contributed by atoms with E-state index in [4.69, 9.17) is 0 Å². The molecule has 0 bridgehead atoms. The lowest BCUT2D eigenvalue weighted by molar-refractivity contribution is -0.143. The van der Waals surface area contributed by atoms with Crippen LogP contribution in [-0.2, 0) is 17.1 Å². The lowest BCUT2D eigenvalue weighted by Crippen LogP contribution is -2.21. The number of rotatable bonds is 3. The van der Waals surface area contributed by atoms with Crippen LogP contribution in [-0.4, -0.2) is 39.7 Å². The first-order valence-electron chi connectivity index (χ1n) is 7.09. The van der Waals surface area contributed by atoms with Gasteiger partial charge in [-0.3, -0.25) is 4.79 Å². The number of carbonyl (C=O) groups excluding carboxylic acids is 1. The fourth-order valence-electron chi connectivity index (χ4n) is 1.94. The average molecular weight is 457 g/mol. The maximum atomic E-state index is 12.9. The van der Waals surface area contributed by atoms with Crippen LogP contribution in [0.25, 0.3) is 17.6 Å². The Morgan fingerprint density at radius 3 is 2.04 bits per heavy atom. The van der Waals surface area contributed by atoms with Crippen molar-refractivity contribution in [3.8, 4) is 11.4 Å². The minimum Gasteiger partial charge on any atom is -0.344 e. The molecule has 0 spiro atoms. The Hall–Kier alpha value is -2.37. The maximum Gasteiger partial charge on any atom is 0.416 e. The van der Waals surface area contributed by atoms with Gasteiger partial charge in [-0.25, -0.2) is 9.67 Å². The largest absolute Gasteiger partial charge is 0.416 e. The number of amides is 1. The van der Waals surface area contributed by atoms with Crippen LogP contribution in [0, 0.1) is 0 Å². The molecule has 12 heteroatoms. The van der Waals surface area contributed by atoms with Gasteiger partial charge in [0.2, 0.25) is 0 Å². The molecule has 0 radical (unpaired) electrons. The molecular formula is C15H11BrF6N4O. The second-order valence-electron chi connectivity index (χ2n) is 5.52. The van der Waals surface area contributed by atoms with Crippen LogP contribution < -0.4 is 0 Å². The second-order valence-corrected chi connectivity index (χ2v) is 6.37. The van der Waals surface area contributed by atoms with Crippen LogP contribution in [0.2, 0.25) is 0 Å². The maximum absolute atomic E-state index is 12.9. The highest BCUT2D eigenvalue weighted by Gasteiger charge is 2.37. The average Bonchev–Trinajstić information content (AvgIpc) is 3.00. The third-order valence-electron chi connectivity index (χ3n) is 3.21. The van der Waals surface area contributed by atoms with E-state index in [-0.39, 0.29) is 16.4 Å². The van der Waals surface area contributed by atoms with E-state index in [1.807, 2.05) is 0 Å². The van der Waals surface area contributed by atoms with Crippen LogP contribution in [0.4, 0.5) is 26.3 Å². The van der Waals surface area contributed by atoms with Crippen molar-refractivity contribution in [3.05, 3.63) is 40.1 Å². The van der Waals surface area contributed by atoms with Gasteiger partial charge >= 0.3 is 12.4 Å². The first kappa shape index (κ1) is 20.9. The van der Waals surface area contributed by atoms with E-state index in [1.54, 1.807) is 0 Å². The van der Waals surface area contributed by atoms with Crippen LogP contribution in [0.3, 0.4) is 0 Å². The molecule has 146 valence electrons. The normalized spacial score (nSPS) is 13.0. The van der Waals surface area contributed by atoms with Crippen molar-refractivity contribution in [1.82, 2.24) is 19.7 Å². The Labute approximate surface area is 157 Å². The highest BCUT2D eigenvalue weighted by molar-refractivity contribution is 9.12. The number of hydrogen-bond donors (Lipinski definition) is 0. The molecule has 0 atom stereocenters. The second kappa shape index (κ2) is 7.33. The molecule has 0 aliphatic heterocycles. The van der Waals surface area contributed by atoms with Gasteiger partial charge in [0, 0.05) is 19.7 Å². The summed E-state index contributed by atoms with van der Waals surface area (Å²) in [5.41, 5.74) is -3.40. The lowest BCUT2D eigenvalue weighted by atomic mass is 10.0. The van der Waals surface area contributed by atoms with Crippen LogP contribution in [0.5, 0.6) is 0 Å². The Balaban J connectivity index is 2.49. The SMILES string of the molecule is CN(C)C(=O)C(Br)=Cn1cnc(-c2cc(C(F)(F)F)cc(C(F)(F)F)c2)n1. The summed E-state index contributed by atoms with van der Waals surface area (Å²) in [6.45, 7) is 0. The molecular weight excluding hydrogens is 446 g/mol. The minimum absolute atomic E-state index is 0.0206. The van der Waals surface area contributed by atoms with E-state index in [0.717, 1.165) is 11.0 Å². The topological polar surface area (TPSA) is 51.0 Å². The Bertz CT molecular complexity index is 853. The van der Waals surface area contributed by atoms with Crippen molar-refractivity contribution >= 4 is 28.0 Å². The predicted octanol–water partition coefficient (Wildman–Crippen LogP) is 4.26. The molecule has 27 heavy (non-hydrogen) atoms. The van der Waals surface area contributed by atoms with E-state index in [2.05, 4.69) is 26.0 Å². The number of halogens is 7. The third kappa shape index (κ3) is 5.08. The molecule has 0 saturated heterocycles. The molecule has 1 amide bonds.